The van der Waals surface area contributed by atoms with Crippen molar-refractivity contribution in [1.29, 1.82) is 0 Å². The molecule has 0 aromatic rings. The molecule has 0 rings (SSSR count). The maximum atomic E-state index is 11.6. The van der Waals surface area contributed by atoms with Gasteiger partial charge < -0.3 is 5.32 Å². The fourth-order valence-electron chi connectivity index (χ4n) is 1.03. The van der Waals surface area contributed by atoms with Crippen molar-refractivity contribution in [2.75, 3.05) is 6.54 Å². The highest BCUT2D eigenvalue weighted by molar-refractivity contribution is 6.20. The summed E-state index contributed by atoms with van der Waals surface area (Å²) in [5.41, 5.74) is 0.183. The Bertz CT molecular complexity index is 198. The summed E-state index contributed by atoms with van der Waals surface area (Å²) in [5, 5.41) is 2.92. The van der Waals surface area contributed by atoms with E-state index in [-0.39, 0.29) is 16.7 Å². The summed E-state index contributed by atoms with van der Waals surface area (Å²) in [5.74, 6) is 0.490. The van der Waals surface area contributed by atoms with Gasteiger partial charge in [0.1, 0.15) is 0 Å². The third-order valence-electron chi connectivity index (χ3n) is 2.93. The summed E-state index contributed by atoms with van der Waals surface area (Å²) >= 11 is 5.92. The third-order valence-corrected chi connectivity index (χ3v) is 3.40. The highest BCUT2D eigenvalue weighted by Crippen LogP contribution is 2.27. The summed E-state index contributed by atoms with van der Waals surface area (Å²) in [4.78, 5) is 11.6. The van der Waals surface area contributed by atoms with Crippen LogP contribution in [-0.2, 0) is 4.79 Å². The summed E-state index contributed by atoms with van der Waals surface area (Å²) in [6.45, 7) is 11.2. The van der Waals surface area contributed by atoms with Gasteiger partial charge in [-0.05, 0) is 17.8 Å². The standard InChI is InChI=1S/C12H24ClNO/c1-6-10(13)8-14-11(15)7-9(2)12(3,4)5/h9-10H,6-8H2,1-5H3,(H,14,15). The molecule has 0 aromatic heterocycles. The van der Waals surface area contributed by atoms with E-state index in [0.717, 1.165) is 6.42 Å². The Morgan fingerprint density at radius 3 is 2.33 bits per heavy atom. The number of carbonyl (C=O) groups is 1. The average Bonchev–Trinajstić information content (AvgIpc) is 2.12. The van der Waals surface area contributed by atoms with E-state index < -0.39 is 0 Å². The molecule has 0 fully saturated rings. The minimum absolute atomic E-state index is 0.0545. The van der Waals surface area contributed by atoms with Gasteiger partial charge in [0, 0.05) is 13.0 Å². The molecule has 0 radical (unpaired) electrons. The van der Waals surface area contributed by atoms with Crippen molar-refractivity contribution < 1.29 is 4.79 Å². The van der Waals surface area contributed by atoms with Crippen LogP contribution in [0.4, 0.5) is 0 Å². The van der Waals surface area contributed by atoms with Crippen molar-refractivity contribution >= 4 is 17.5 Å². The highest BCUT2D eigenvalue weighted by atomic mass is 35.5. The van der Waals surface area contributed by atoms with Gasteiger partial charge in [0.05, 0.1) is 5.38 Å². The van der Waals surface area contributed by atoms with Gasteiger partial charge in [-0.3, -0.25) is 4.79 Å². The van der Waals surface area contributed by atoms with Crippen LogP contribution in [0.15, 0.2) is 0 Å². The zero-order chi connectivity index (χ0) is 12.1. The van der Waals surface area contributed by atoms with Crippen LogP contribution >= 0.6 is 11.6 Å². The van der Waals surface area contributed by atoms with Crippen molar-refractivity contribution in [3.05, 3.63) is 0 Å². The summed E-state index contributed by atoms with van der Waals surface area (Å²) in [6, 6.07) is 0. The SMILES string of the molecule is CCC(Cl)CNC(=O)CC(C)C(C)(C)C. The number of halogens is 1. The lowest BCUT2D eigenvalue weighted by molar-refractivity contribution is -0.122. The van der Waals surface area contributed by atoms with Gasteiger partial charge in [0.25, 0.3) is 0 Å². The molecule has 0 aromatic carbocycles. The Labute approximate surface area is 98.8 Å². The van der Waals surface area contributed by atoms with Gasteiger partial charge >= 0.3 is 0 Å². The van der Waals surface area contributed by atoms with E-state index in [1.54, 1.807) is 0 Å². The zero-order valence-corrected chi connectivity index (χ0v) is 11.3. The van der Waals surface area contributed by atoms with Gasteiger partial charge in [-0.1, -0.05) is 34.6 Å². The molecule has 2 nitrogen and oxygen atoms in total. The lowest BCUT2D eigenvalue weighted by Crippen LogP contribution is -2.32. The first-order valence-electron chi connectivity index (χ1n) is 5.68. The minimum atomic E-state index is 0.0545. The summed E-state index contributed by atoms with van der Waals surface area (Å²) in [7, 11) is 0. The lowest BCUT2D eigenvalue weighted by atomic mass is 9.80. The Kier molecular flexibility index (Phi) is 6.26. The third kappa shape index (κ3) is 6.77. The Balaban J connectivity index is 3.84. The largest absolute Gasteiger partial charge is 0.355 e. The highest BCUT2D eigenvalue weighted by Gasteiger charge is 2.22. The monoisotopic (exact) mass is 233 g/mol. The van der Waals surface area contributed by atoms with Gasteiger partial charge in [-0.2, -0.15) is 0 Å². The van der Waals surface area contributed by atoms with Crippen LogP contribution in [0.3, 0.4) is 0 Å². The van der Waals surface area contributed by atoms with Crippen LogP contribution < -0.4 is 5.32 Å². The molecule has 1 N–H and O–H groups in total. The van der Waals surface area contributed by atoms with Crippen molar-refractivity contribution in [2.45, 2.75) is 52.8 Å². The number of rotatable bonds is 5. The number of nitrogens with one attached hydrogen (secondary N) is 1. The van der Waals surface area contributed by atoms with E-state index in [1.165, 1.54) is 0 Å². The molecule has 0 aliphatic rings. The molecular formula is C12H24ClNO. The van der Waals surface area contributed by atoms with E-state index in [4.69, 9.17) is 11.6 Å². The quantitative estimate of drug-likeness (QED) is 0.726. The van der Waals surface area contributed by atoms with Crippen LogP contribution in [0, 0.1) is 11.3 Å². The normalized spacial score (nSPS) is 15.9. The molecule has 0 bridgehead atoms. The van der Waals surface area contributed by atoms with E-state index in [2.05, 4.69) is 33.0 Å². The van der Waals surface area contributed by atoms with E-state index in [1.807, 2.05) is 6.92 Å². The first-order chi connectivity index (χ1) is 6.77. The second-order valence-corrected chi connectivity index (χ2v) is 5.90. The smallest absolute Gasteiger partial charge is 0.220 e. The lowest BCUT2D eigenvalue weighted by Gasteiger charge is -2.26. The molecular weight excluding hydrogens is 210 g/mol. The molecule has 0 saturated heterocycles. The fourth-order valence-corrected chi connectivity index (χ4v) is 1.10. The maximum Gasteiger partial charge on any atom is 0.220 e. The molecule has 90 valence electrons. The first kappa shape index (κ1) is 14.8. The first-order valence-corrected chi connectivity index (χ1v) is 6.11. The molecule has 0 saturated carbocycles. The number of carbonyl (C=O) groups excluding carboxylic acids is 1. The van der Waals surface area contributed by atoms with Crippen LogP contribution in [0.2, 0.25) is 0 Å². The zero-order valence-electron chi connectivity index (χ0n) is 10.6. The molecule has 2 atom stereocenters. The van der Waals surface area contributed by atoms with Gasteiger partial charge in [0.15, 0.2) is 0 Å². The van der Waals surface area contributed by atoms with Crippen molar-refractivity contribution in [2.24, 2.45) is 11.3 Å². The topological polar surface area (TPSA) is 29.1 Å². The predicted molar refractivity (Wildman–Crippen MR) is 66.2 cm³/mol. The Hall–Kier alpha value is -0.240. The molecule has 0 spiro atoms. The van der Waals surface area contributed by atoms with Crippen LogP contribution in [0.1, 0.15) is 47.5 Å². The second kappa shape index (κ2) is 6.37. The van der Waals surface area contributed by atoms with Crippen molar-refractivity contribution in [1.82, 2.24) is 5.32 Å². The van der Waals surface area contributed by atoms with Gasteiger partial charge in [-0.25, -0.2) is 0 Å². The molecule has 0 aliphatic carbocycles. The van der Waals surface area contributed by atoms with Crippen molar-refractivity contribution in [3.63, 3.8) is 0 Å². The van der Waals surface area contributed by atoms with Crippen LogP contribution in [0.5, 0.6) is 0 Å². The number of amides is 1. The Morgan fingerprint density at radius 1 is 1.40 bits per heavy atom. The van der Waals surface area contributed by atoms with E-state index >= 15 is 0 Å². The summed E-state index contributed by atoms with van der Waals surface area (Å²) < 4.78 is 0. The number of alkyl halides is 1. The van der Waals surface area contributed by atoms with E-state index in [9.17, 15) is 4.79 Å². The maximum absolute atomic E-state index is 11.6. The molecule has 0 aliphatic heterocycles. The minimum Gasteiger partial charge on any atom is -0.355 e. The molecule has 1 amide bonds. The number of hydrogen-bond donors (Lipinski definition) is 1. The predicted octanol–water partition coefficient (Wildman–Crippen LogP) is 3.19. The van der Waals surface area contributed by atoms with Crippen LogP contribution in [-0.4, -0.2) is 17.8 Å². The van der Waals surface area contributed by atoms with Gasteiger partial charge in [0.2, 0.25) is 5.91 Å². The Morgan fingerprint density at radius 2 is 1.93 bits per heavy atom. The number of hydrogen-bond acceptors (Lipinski definition) is 1. The molecule has 3 heteroatoms. The van der Waals surface area contributed by atoms with Crippen molar-refractivity contribution in [3.8, 4) is 0 Å². The molecule has 15 heavy (non-hydrogen) atoms. The molecule has 2 unspecified atom stereocenters. The second-order valence-electron chi connectivity index (χ2n) is 5.28. The summed E-state index contributed by atoms with van der Waals surface area (Å²) in [6.07, 6.45) is 1.47. The average molecular weight is 234 g/mol. The van der Waals surface area contributed by atoms with Crippen LogP contribution in [0.25, 0.3) is 0 Å². The fraction of sp³-hybridized carbons (Fsp3) is 0.917. The van der Waals surface area contributed by atoms with Gasteiger partial charge in [-0.15, -0.1) is 11.6 Å². The van der Waals surface area contributed by atoms with E-state index in [0.29, 0.717) is 18.9 Å². The molecule has 0 heterocycles.